The monoisotopic (exact) mass is 403 g/mol. The van der Waals surface area contributed by atoms with Crippen LogP contribution in [0.1, 0.15) is 29.6 Å². The van der Waals surface area contributed by atoms with Crippen LogP contribution in [0.25, 0.3) is 0 Å². The Balaban J connectivity index is 1.56. The Bertz CT molecular complexity index is 773. The predicted octanol–water partition coefficient (Wildman–Crippen LogP) is 4.21. The van der Waals surface area contributed by atoms with Crippen LogP contribution in [0.15, 0.2) is 46.9 Å². The SMILES string of the molecule is O=C(CCC(=O)c1ccc2c(c1)OCCCO2)Nc1ccc(Br)cc1. The molecule has 0 spiro atoms. The number of halogens is 1. The van der Waals surface area contributed by atoms with E-state index >= 15 is 0 Å². The van der Waals surface area contributed by atoms with E-state index in [2.05, 4.69) is 21.2 Å². The lowest BCUT2D eigenvalue weighted by Crippen LogP contribution is -2.13. The van der Waals surface area contributed by atoms with Crippen LogP contribution in [-0.4, -0.2) is 24.9 Å². The maximum absolute atomic E-state index is 12.3. The lowest BCUT2D eigenvalue weighted by atomic mass is 10.1. The molecule has 6 heteroatoms. The molecule has 130 valence electrons. The molecule has 1 amide bonds. The van der Waals surface area contributed by atoms with E-state index in [0.29, 0.717) is 36.0 Å². The van der Waals surface area contributed by atoms with Crippen molar-refractivity contribution in [3.63, 3.8) is 0 Å². The van der Waals surface area contributed by atoms with E-state index in [1.54, 1.807) is 30.3 Å². The minimum Gasteiger partial charge on any atom is -0.490 e. The number of hydrogen-bond acceptors (Lipinski definition) is 4. The number of fused-ring (bicyclic) bond motifs is 1. The highest BCUT2D eigenvalue weighted by Gasteiger charge is 2.15. The maximum Gasteiger partial charge on any atom is 0.224 e. The van der Waals surface area contributed by atoms with Gasteiger partial charge in [0.25, 0.3) is 0 Å². The lowest BCUT2D eigenvalue weighted by molar-refractivity contribution is -0.116. The number of Topliss-reactive ketones (excluding diaryl/α,β-unsaturated/α-hetero) is 1. The molecule has 0 radical (unpaired) electrons. The molecule has 0 bridgehead atoms. The van der Waals surface area contributed by atoms with Crippen molar-refractivity contribution < 1.29 is 19.1 Å². The zero-order valence-corrected chi connectivity index (χ0v) is 15.2. The summed E-state index contributed by atoms with van der Waals surface area (Å²) in [6.45, 7) is 1.18. The van der Waals surface area contributed by atoms with Gasteiger partial charge in [-0.3, -0.25) is 9.59 Å². The first kappa shape index (κ1) is 17.5. The normalized spacial score (nSPS) is 13.0. The van der Waals surface area contributed by atoms with E-state index in [1.807, 2.05) is 12.1 Å². The van der Waals surface area contributed by atoms with Gasteiger partial charge in [0.05, 0.1) is 13.2 Å². The third-order valence-electron chi connectivity index (χ3n) is 3.78. The second-order valence-electron chi connectivity index (χ2n) is 5.69. The summed E-state index contributed by atoms with van der Waals surface area (Å²) in [4.78, 5) is 24.3. The molecule has 0 fully saturated rings. The summed E-state index contributed by atoms with van der Waals surface area (Å²) in [5.74, 6) is 0.955. The van der Waals surface area contributed by atoms with Gasteiger partial charge in [0.1, 0.15) is 0 Å². The number of amides is 1. The second kappa shape index (κ2) is 8.16. The van der Waals surface area contributed by atoms with Crippen molar-refractivity contribution in [3.8, 4) is 11.5 Å². The van der Waals surface area contributed by atoms with Crippen LogP contribution in [-0.2, 0) is 4.79 Å². The second-order valence-corrected chi connectivity index (χ2v) is 6.61. The van der Waals surface area contributed by atoms with Gasteiger partial charge in [-0.05, 0) is 42.5 Å². The molecule has 0 aliphatic carbocycles. The Hall–Kier alpha value is -2.34. The molecule has 2 aromatic rings. The molecule has 1 aliphatic rings. The summed E-state index contributed by atoms with van der Waals surface area (Å²) >= 11 is 3.34. The molecule has 0 atom stereocenters. The minimum atomic E-state index is -0.190. The Kier molecular flexibility index (Phi) is 5.71. The summed E-state index contributed by atoms with van der Waals surface area (Å²) in [5.41, 5.74) is 1.23. The largest absolute Gasteiger partial charge is 0.490 e. The average molecular weight is 404 g/mol. The summed E-state index contributed by atoms with van der Waals surface area (Å²) in [6, 6.07) is 12.4. The summed E-state index contributed by atoms with van der Waals surface area (Å²) in [5, 5.41) is 2.78. The molecule has 3 rings (SSSR count). The molecule has 0 saturated carbocycles. The number of nitrogens with one attached hydrogen (secondary N) is 1. The van der Waals surface area contributed by atoms with Crippen molar-refractivity contribution in [2.45, 2.75) is 19.3 Å². The van der Waals surface area contributed by atoms with Gasteiger partial charge in [-0.25, -0.2) is 0 Å². The molecule has 2 aromatic carbocycles. The van der Waals surface area contributed by atoms with Crippen LogP contribution in [0.5, 0.6) is 11.5 Å². The zero-order valence-electron chi connectivity index (χ0n) is 13.6. The van der Waals surface area contributed by atoms with Crippen LogP contribution < -0.4 is 14.8 Å². The van der Waals surface area contributed by atoms with E-state index in [9.17, 15) is 9.59 Å². The van der Waals surface area contributed by atoms with Crippen LogP contribution in [0.4, 0.5) is 5.69 Å². The summed E-state index contributed by atoms with van der Waals surface area (Å²) in [7, 11) is 0. The number of carbonyl (C=O) groups excluding carboxylic acids is 2. The highest BCUT2D eigenvalue weighted by atomic mass is 79.9. The first-order valence-corrected chi connectivity index (χ1v) is 8.89. The quantitative estimate of drug-likeness (QED) is 0.759. The van der Waals surface area contributed by atoms with Gasteiger partial charge in [-0.2, -0.15) is 0 Å². The van der Waals surface area contributed by atoms with Crippen molar-refractivity contribution in [1.82, 2.24) is 0 Å². The van der Waals surface area contributed by atoms with Crippen LogP contribution in [0.3, 0.4) is 0 Å². The molecule has 5 nitrogen and oxygen atoms in total. The Morgan fingerprint density at radius 2 is 1.68 bits per heavy atom. The molecule has 0 unspecified atom stereocenters. The molecule has 0 aromatic heterocycles. The van der Waals surface area contributed by atoms with Crippen molar-refractivity contribution >= 4 is 33.3 Å². The summed E-state index contributed by atoms with van der Waals surface area (Å²) in [6.07, 6.45) is 1.08. The zero-order chi connectivity index (χ0) is 17.6. The third-order valence-corrected chi connectivity index (χ3v) is 4.31. The fraction of sp³-hybridized carbons (Fsp3) is 0.263. The van der Waals surface area contributed by atoms with E-state index in [4.69, 9.17) is 9.47 Å². The Morgan fingerprint density at radius 1 is 0.960 bits per heavy atom. The number of ketones is 1. The minimum absolute atomic E-state index is 0.0957. The molecule has 1 heterocycles. The fourth-order valence-electron chi connectivity index (χ4n) is 2.46. The molecule has 25 heavy (non-hydrogen) atoms. The number of benzene rings is 2. The van der Waals surface area contributed by atoms with E-state index in [0.717, 1.165) is 10.9 Å². The number of ether oxygens (including phenoxy) is 2. The summed E-state index contributed by atoms with van der Waals surface area (Å²) < 4.78 is 12.1. The van der Waals surface area contributed by atoms with E-state index in [1.165, 1.54) is 0 Å². The van der Waals surface area contributed by atoms with Gasteiger partial charge in [0, 0.05) is 35.0 Å². The molecular formula is C19H18BrNO4. The standard InChI is InChI=1S/C19H18BrNO4/c20-14-3-5-15(6-4-14)21-19(23)9-7-16(22)13-2-8-17-18(12-13)25-11-1-10-24-17/h2-6,8,12H,1,7,9-11H2,(H,21,23). The maximum atomic E-state index is 12.3. The molecule has 0 saturated heterocycles. The van der Waals surface area contributed by atoms with Crippen LogP contribution in [0, 0.1) is 0 Å². The van der Waals surface area contributed by atoms with E-state index < -0.39 is 0 Å². The smallest absolute Gasteiger partial charge is 0.224 e. The number of rotatable bonds is 5. The highest BCUT2D eigenvalue weighted by molar-refractivity contribution is 9.10. The predicted molar refractivity (Wildman–Crippen MR) is 98.4 cm³/mol. The first-order chi connectivity index (χ1) is 12.1. The molecule has 1 N–H and O–H groups in total. The topological polar surface area (TPSA) is 64.6 Å². The fourth-order valence-corrected chi connectivity index (χ4v) is 2.73. The van der Waals surface area contributed by atoms with Gasteiger partial charge in [0.15, 0.2) is 17.3 Å². The van der Waals surface area contributed by atoms with Gasteiger partial charge in [-0.1, -0.05) is 15.9 Å². The van der Waals surface area contributed by atoms with Gasteiger partial charge in [0.2, 0.25) is 5.91 Å². The van der Waals surface area contributed by atoms with E-state index in [-0.39, 0.29) is 24.5 Å². The number of anilines is 1. The van der Waals surface area contributed by atoms with Crippen molar-refractivity contribution in [3.05, 3.63) is 52.5 Å². The molecule has 1 aliphatic heterocycles. The average Bonchev–Trinajstić information content (AvgIpc) is 2.86. The van der Waals surface area contributed by atoms with Gasteiger partial charge >= 0.3 is 0 Å². The van der Waals surface area contributed by atoms with Crippen LogP contribution in [0.2, 0.25) is 0 Å². The highest BCUT2D eigenvalue weighted by Crippen LogP contribution is 2.30. The number of hydrogen-bond donors (Lipinski definition) is 1. The van der Waals surface area contributed by atoms with Crippen molar-refractivity contribution in [1.29, 1.82) is 0 Å². The Labute approximate surface area is 154 Å². The lowest BCUT2D eigenvalue weighted by Gasteiger charge is -2.09. The van der Waals surface area contributed by atoms with Gasteiger partial charge in [-0.15, -0.1) is 0 Å². The van der Waals surface area contributed by atoms with Crippen LogP contribution >= 0.6 is 15.9 Å². The number of carbonyl (C=O) groups is 2. The first-order valence-electron chi connectivity index (χ1n) is 8.10. The third kappa shape index (κ3) is 4.82. The Morgan fingerprint density at radius 3 is 2.44 bits per heavy atom. The van der Waals surface area contributed by atoms with Crippen molar-refractivity contribution in [2.75, 3.05) is 18.5 Å². The van der Waals surface area contributed by atoms with Crippen molar-refractivity contribution in [2.24, 2.45) is 0 Å². The molecular weight excluding hydrogens is 386 g/mol. The van der Waals surface area contributed by atoms with Gasteiger partial charge < -0.3 is 14.8 Å².